The van der Waals surface area contributed by atoms with Crippen LogP contribution in [-0.2, 0) is 14.3 Å². The van der Waals surface area contributed by atoms with Gasteiger partial charge in [0.25, 0.3) is 0 Å². The van der Waals surface area contributed by atoms with Crippen molar-refractivity contribution >= 4 is 17.9 Å². The number of hydrogen-bond donors (Lipinski definition) is 2. The topological polar surface area (TPSA) is 87.7 Å². The molecule has 38 heavy (non-hydrogen) atoms. The molecule has 2 N–H and O–H groups in total. The van der Waals surface area contributed by atoms with Crippen LogP contribution in [-0.4, -0.2) is 46.0 Å². The van der Waals surface area contributed by atoms with Gasteiger partial charge in [-0.25, -0.2) is 4.79 Å². The summed E-state index contributed by atoms with van der Waals surface area (Å²) in [7, 11) is 0. The number of carbonyl (C=O) groups is 3. The Kier molecular flexibility index (Phi) is 10.8. The molecular formula is C31H51N3O4. The van der Waals surface area contributed by atoms with Gasteiger partial charge in [0.15, 0.2) is 0 Å². The van der Waals surface area contributed by atoms with Crippen molar-refractivity contribution in [1.82, 2.24) is 15.5 Å². The number of ether oxygens (including phenoxy) is 1. The van der Waals surface area contributed by atoms with Gasteiger partial charge in [-0.2, -0.15) is 0 Å². The summed E-state index contributed by atoms with van der Waals surface area (Å²) in [6.45, 7) is 19.2. The van der Waals surface area contributed by atoms with Crippen LogP contribution in [0.5, 0.6) is 0 Å². The average molecular weight is 530 g/mol. The second-order valence-electron chi connectivity index (χ2n) is 13.3. The number of aryl methyl sites for hydroxylation is 2. The van der Waals surface area contributed by atoms with E-state index in [1.54, 1.807) is 25.7 Å². The van der Waals surface area contributed by atoms with Gasteiger partial charge < -0.3 is 20.3 Å². The third kappa shape index (κ3) is 9.32. The first-order chi connectivity index (χ1) is 17.5. The lowest BCUT2D eigenvalue weighted by atomic mass is 9.90. The molecule has 0 saturated heterocycles. The quantitative estimate of drug-likeness (QED) is 0.410. The first-order valence-corrected chi connectivity index (χ1v) is 14.2. The Hall–Kier alpha value is -2.57. The van der Waals surface area contributed by atoms with Gasteiger partial charge in [0.2, 0.25) is 11.8 Å². The van der Waals surface area contributed by atoms with Gasteiger partial charge in [0.1, 0.15) is 17.7 Å². The van der Waals surface area contributed by atoms with Crippen LogP contribution in [0.1, 0.15) is 117 Å². The van der Waals surface area contributed by atoms with Crippen molar-refractivity contribution in [3.05, 3.63) is 34.9 Å². The SMILES string of the molecule is Cc1ccc(C)c(C(C(=O)NC2CCCCC2)N(C(=O)C(CC(C)C)NC(=O)OC(C)(C)C)C(C)(C)C)c1. The fourth-order valence-corrected chi connectivity index (χ4v) is 5.13. The molecule has 2 atom stereocenters. The van der Waals surface area contributed by atoms with E-state index in [1.807, 2.05) is 66.7 Å². The first kappa shape index (κ1) is 31.6. The van der Waals surface area contributed by atoms with Crippen molar-refractivity contribution in [2.24, 2.45) is 5.92 Å². The predicted molar refractivity (Wildman–Crippen MR) is 153 cm³/mol. The molecule has 2 rings (SSSR count). The number of carbonyl (C=O) groups excluding carboxylic acids is 3. The number of rotatable bonds is 8. The summed E-state index contributed by atoms with van der Waals surface area (Å²) in [6.07, 6.45) is 5.06. The molecule has 1 fully saturated rings. The molecule has 1 aromatic rings. The lowest BCUT2D eigenvalue weighted by Gasteiger charge is -2.44. The van der Waals surface area contributed by atoms with Gasteiger partial charge in [-0.1, -0.05) is 56.9 Å². The molecule has 0 radical (unpaired) electrons. The fourth-order valence-electron chi connectivity index (χ4n) is 5.13. The molecule has 1 saturated carbocycles. The van der Waals surface area contributed by atoms with E-state index in [0.29, 0.717) is 6.42 Å². The summed E-state index contributed by atoms with van der Waals surface area (Å²) in [4.78, 5) is 43.0. The largest absolute Gasteiger partial charge is 0.444 e. The first-order valence-electron chi connectivity index (χ1n) is 14.2. The Morgan fingerprint density at radius 3 is 2.13 bits per heavy atom. The Balaban J connectivity index is 2.57. The maximum absolute atomic E-state index is 14.4. The zero-order valence-electron chi connectivity index (χ0n) is 25.4. The van der Waals surface area contributed by atoms with Gasteiger partial charge in [-0.3, -0.25) is 9.59 Å². The van der Waals surface area contributed by atoms with Crippen LogP contribution in [0.25, 0.3) is 0 Å². The molecule has 0 bridgehead atoms. The van der Waals surface area contributed by atoms with Crippen LogP contribution >= 0.6 is 0 Å². The molecule has 2 unspecified atom stereocenters. The van der Waals surface area contributed by atoms with E-state index in [0.717, 1.165) is 42.4 Å². The number of benzene rings is 1. The molecule has 3 amide bonds. The standard InChI is InChI=1S/C31H51N3O4/c1-20(2)18-25(33-29(37)38-31(8,9)10)28(36)34(30(5,6)7)26(24-19-21(3)16-17-22(24)4)27(35)32-23-14-12-11-13-15-23/h16-17,19-20,23,25-26H,11-15,18H2,1-10H3,(H,32,35)(H,33,37). The van der Waals surface area contributed by atoms with E-state index in [4.69, 9.17) is 4.74 Å². The molecule has 214 valence electrons. The minimum Gasteiger partial charge on any atom is -0.444 e. The van der Waals surface area contributed by atoms with Crippen molar-refractivity contribution in [2.45, 2.75) is 137 Å². The van der Waals surface area contributed by atoms with E-state index in [1.165, 1.54) is 6.42 Å². The maximum Gasteiger partial charge on any atom is 0.408 e. The lowest BCUT2D eigenvalue weighted by Crippen LogP contribution is -2.59. The molecule has 0 aliphatic heterocycles. The Morgan fingerprint density at radius 2 is 1.61 bits per heavy atom. The smallest absolute Gasteiger partial charge is 0.408 e. The zero-order valence-corrected chi connectivity index (χ0v) is 25.4. The number of amides is 3. The highest BCUT2D eigenvalue weighted by Gasteiger charge is 2.43. The van der Waals surface area contributed by atoms with Crippen molar-refractivity contribution in [2.75, 3.05) is 0 Å². The van der Waals surface area contributed by atoms with Crippen LogP contribution < -0.4 is 10.6 Å². The summed E-state index contributed by atoms with van der Waals surface area (Å²) in [5.74, 6) is -0.327. The second kappa shape index (κ2) is 13.0. The highest BCUT2D eigenvalue weighted by molar-refractivity contribution is 5.93. The van der Waals surface area contributed by atoms with Crippen LogP contribution in [0.4, 0.5) is 4.79 Å². The third-order valence-electron chi connectivity index (χ3n) is 6.84. The normalized spacial score (nSPS) is 16.5. The lowest BCUT2D eigenvalue weighted by molar-refractivity contribution is -0.149. The summed E-state index contributed by atoms with van der Waals surface area (Å²) in [6, 6.07) is 4.46. The van der Waals surface area contributed by atoms with E-state index in [2.05, 4.69) is 10.6 Å². The summed E-state index contributed by atoms with van der Waals surface area (Å²) >= 11 is 0. The van der Waals surface area contributed by atoms with Crippen molar-refractivity contribution in [3.8, 4) is 0 Å². The second-order valence-corrected chi connectivity index (χ2v) is 13.3. The van der Waals surface area contributed by atoms with Crippen LogP contribution in [0.15, 0.2) is 18.2 Å². The van der Waals surface area contributed by atoms with Crippen molar-refractivity contribution in [1.29, 1.82) is 0 Å². The van der Waals surface area contributed by atoms with Gasteiger partial charge in [0, 0.05) is 11.6 Å². The third-order valence-corrected chi connectivity index (χ3v) is 6.84. The molecule has 7 nitrogen and oxygen atoms in total. The molecular weight excluding hydrogens is 478 g/mol. The number of nitrogens with one attached hydrogen (secondary N) is 2. The van der Waals surface area contributed by atoms with Crippen LogP contribution in [0.2, 0.25) is 0 Å². The average Bonchev–Trinajstić information content (AvgIpc) is 2.76. The molecule has 1 aliphatic rings. The van der Waals surface area contributed by atoms with Gasteiger partial charge >= 0.3 is 6.09 Å². The number of alkyl carbamates (subject to hydrolysis) is 1. The van der Waals surface area contributed by atoms with Crippen LogP contribution in [0.3, 0.4) is 0 Å². The molecule has 1 aliphatic carbocycles. The van der Waals surface area contributed by atoms with Gasteiger partial charge in [-0.15, -0.1) is 0 Å². The van der Waals surface area contributed by atoms with Crippen LogP contribution in [0, 0.1) is 19.8 Å². The van der Waals surface area contributed by atoms with Gasteiger partial charge in [-0.05, 0) is 91.7 Å². The molecule has 0 spiro atoms. The Labute approximate surface area is 230 Å². The van der Waals surface area contributed by atoms with Crippen molar-refractivity contribution in [3.63, 3.8) is 0 Å². The van der Waals surface area contributed by atoms with E-state index in [9.17, 15) is 14.4 Å². The monoisotopic (exact) mass is 529 g/mol. The molecule has 7 heteroatoms. The minimum absolute atomic E-state index is 0.104. The van der Waals surface area contributed by atoms with E-state index < -0.39 is 29.3 Å². The maximum atomic E-state index is 14.4. The van der Waals surface area contributed by atoms with E-state index >= 15 is 0 Å². The summed E-state index contributed by atoms with van der Waals surface area (Å²) < 4.78 is 5.49. The predicted octanol–water partition coefficient (Wildman–Crippen LogP) is 6.36. The molecule has 1 aromatic carbocycles. The zero-order chi connectivity index (χ0) is 28.8. The number of nitrogens with zero attached hydrogens (tertiary/aromatic N) is 1. The van der Waals surface area contributed by atoms with E-state index in [-0.39, 0.29) is 23.8 Å². The Morgan fingerprint density at radius 1 is 1.00 bits per heavy atom. The summed E-state index contributed by atoms with van der Waals surface area (Å²) in [5, 5.41) is 6.10. The minimum atomic E-state index is -0.834. The number of hydrogen-bond acceptors (Lipinski definition) is 4. The highest BCUT2D eigenvalue weighted by Crippen LogP contribution is 2.33. The summed E-state index contributed by atoms with van der Waals surface area (Å²) in [5.41, 5.74) is 1.38. The highest BCUT2D eigenvalue weighted by atomic mass is 16.6. The van der Waals surface area contributed by atoms with Crippen molar-refractivity contribution < 1.29 is 19.1 Å². The van der Waals surface area contributed by atoms with Gasteiger partial charge in [0.05, 0.1) is 0 Å². The fraction of sp³-hybridized carbons (Fsp3) is 0.710. The molecule has 0 aromatic heterocycles. The molecule has 0 heterocycles. The Bertz CT molecular complexity index is 968.